The van der Waals surface area contributed by atoms with Crippen LogP contribution < -0.4 is 0 Å². The van der Waals surface area contributed by atoms with E-state index in [1.165, 1.54) is 54.9 Å². The van der Waals surface area contributed by atoms with E-state index in [0.717, 1.165) is 44.7 Å². The van der Waals surface area contributed by atoms with Gasteiger partial charge in [0.05, 0.1) is 22.4 Å². The van der Waals surface area contributed by atoms with Crippen molar-refractivity contribution in [2.45, 2.75) is 38.5 Å². The summed E-state index contributed by atoms with van der Waals surface area (Å²) in [6.45, 7) is 9.33. The molecule has 4 nitrogen and oxygen atoms in total. The third-order valence-corrected chi connectivity index (χ3v) is 12.0. The first kappa shape index (κ1) is 30.3. The summed E-state index contributed by atoms with van der Waals surface area (Å²) in [5.41, 5.74) is 15.9. The van der Waals surface area contributed by atoms with Crippen LogP contribution >= 0.6 is 0 Å². The van der Waals surface area contributed by atoms with Crippen molar-refractivity contribution in [2.75, 3.05) is 0 Å². The number of benzene rings is 6. The highest BCUT2D eigenvalue weighted by Gasteiger charge is 2.42. The predicted molar refractivity (Wildman–Crippen MR) is 218 cm³/mol. The van der Waals surface area contributed by atoms with Gasteiger partial charge in [-0.1, -0.05) is 131 Å². The number of rotatable bonds is 3. The Kier molecular flexibility index (Phi) is 6.04. The molecule has 0 unspecified atom stereocenters. The Morgan fingerprint density at radius 2 is 1.23 bits per heavy atom. The van der Waals surface area contributed by atoms with Gasteiger partial charge in [-0.3, -0.25) is 9.55 Å². The zero-order valence-electron chi connectivity index (χ0n) is 30.1. The van der Waals surface area contributed by atoms with E-state index >= 15 is 0 Å². The van der Waals surface area contributed by atoms with E-state index < -0.39 is 5.41 Å². The highest BCUT2D eigenvalue weighted by Crippen LogP contribution is 2.56. The smallest absolute Gasteiger partial charge is 0.235 e. The molecular weight excluding hydrogens is 645 g/mol. The minimum Gasteiger partial charge on any atom is -0.278 e. The van der Waals surface area contributed by atoms with Crippen LogP contribution in [-0.2, 0) is 10.8 Å². The minimum atomic E-state index is -0.393. The summed E-state index contributed by atoms with van der Waals surface area (Å²) in [5.74, 6) is 0.691. The van der Waals surface area contributed by atoms with Gasteiger partial charge in [-0.05, 0) is 85.6 Å². The van der Waals surface area contributed by atoms with Gasteiger partial charge in [0.2, 0.25) is 5.95 Å². The molecule has 2 aliphatic rings. The third-order valence-electron chi connectivity index (χ3n) is 12.0. The number of para-hydroxylation sites is 1. The zero-order chi connectivity index (χ0) is 35.6. The molecular formula is C49H36N4. The lowest BCUT2D eigenvalue weighted by Crippen LogP contribution is -2.19. The molecule has 9 aromatic rings. The van der Waals surface area contributed by atoms with Crippen molar-refractivity contribution in [2.24, 2.45) is 0 Å². The summed E-state index contributed by atoms with van der Waals surface area (Å²) in [6, 6.07) is 48.6. The summed E-state index contributed by atoms with van der Waals surface area (Å²) in [4.78, 5) is 15.8. The van der Waals surface area contributed by atoms with Crippen molar-refractivity contribution in [1.29, 1.82) is 0 Å². The maximum absolute atomic E-state index is 5.72. The van der Waals surface area contributed by atoms with Crippen LogP contribution in [0.2, 0.25) is 0 Å². The lowest BCUT2D eigenvalue weighted by Gasteiger charge is -2.23. The average molecular weight is 681 g/mol. The van der Waals surface area contributed by atoms with Gasteiger partial charge in [-0.2, -0.15) is 0 Å². The van der Waals surface area contributed by atoms with E-state index in [1.54, 1.807) is 0 Å². The summed E-state index contributed by atoms with van der Waals surface area (Å²) in [7, 11) is 0. The van der Waals surface area contributed by atoms with Gasteiger partial charge in [0, 0.05) is 45.1 Å². The molecule has 0 aliphatic heterocycles. The van der Waals surface area contributed by atoms with Crippen LogP contribution in [0.3, 0.4) is 0 Å². The summed E-state index contributed by atoms with van der Waals surface area (Å²) >= 11 is 0. The number of pyridine rings is 1. The molecule has 0 fully saturated rings. The highest BCUT2D eigenvalue weighted by atomic mass is 15.2. The van der Waals surface area contributed by atoms with Gasteiger partial charge in [0.15, 0.2) is 0 Å². The van der Waals surface area contributed by atoms with Crippen LogP contribution in [0.4, 0.5) is 0 Å². The van der Waals surface area contributed by atoms with Crippen LogP contribution in [-0.4, -0.2) is 19.5 Å². The fourth-order valence-corrected chi connectivity index (χ4v) is 9.39. The van der Waals surface area contributed by atoms with Crippen LogP contribution in [0.25, 0.3) is 83.2 Å². The predicted octanol–water partition coefficient (Wildman–Crippen LogP) is 12.1. The van der Waals surface area contributed by atoms with Crippen molar-refractivity contribution in [3.63, 3.8) is 0 Å². The van der Waals surface area contributed by atoms with Crippen molar-refractivity contribution in [3.8, 4) is 50.6 Å². The largest absolute Gasteiger partial charge is 0.278 e. The summed E-state index contributed by atoms with van der Waals surface area (Å²) in [5, 5.41) is 4.81. The monoisotopic (exact) mass is 680 g/mol. The van der Waals surface area contributed by atoms with E-state index in [-0.39, 0.29) is 5.41 Å². The molecule has 6 aromatic carbocycles. The molecule has 11 rings (SSSR count). The fourth-order valence-electron chi connectivity index (χ4n) is 9.39. The second-order valence-electron chi connectivity index (χ2n) is 15.7. The molecule has 4 heteroatoms. The maximum Gasteiger partial charge on any atom is 0.235 e. The average Bonchev–Trinajstić information content (AvgIpc) is 3.73. The zero-order valence-corrected chi connectivity index (χ0v) is 30.1. The molecule has 2 aliphatic carbocycles. The minimum absolute atomic E-state index is 0.134. The molecule has 0 N–H and O–H groups in total. The first-order chi connectivity index (χ1) is 25.8. The van der Waals surface area contributed by atoms with E-state index in [1.807, 2.05) is 18.5 Å². The molecule has 0 saturated heterocycles. The highest BCUT2D eigenvalue weighted by molar-refractivity contribution is 6.13. The van der Waals surface area contributed by atoms with Gasteiger partial charge >= 0.3 is 0 Å². The number of fused-ring (bicyclic) bond motifs is 10. The van der Waals surface area contributed by atoms with E-state index in [2.05, 4.69) is 165 Å². The summed E-state index contributed by atoms with van der Waals surface area (Å²) in [6.07, 6.45) is 3.77. The van der Waals surface area contributed by atoms with Crippen LogP contribution in [0.1, 0.15) is 50.1 Å². The van der Waals surface area contributed by atoms with Crippen molar-refractivity contribution in [1.82, 2.24) is 19.5 Å². The number of hydrogen-bond acceptors (Lipinski definition) is 3. The first-order valence-corrected chi connectivity index (χ1v) is 18.4. The Hall–Kier alpha value is -6.39. The van der Waals surface area contributed by atoms with Gasteiger partial charge < -0.3 is 0 Å². The molecule has 3 heterocycles. The molecule has 53 heavy (non-hydrogen) atoms. The van der Waals surface area contributed by atoms with Crippen molar-refractivity contribution >= 4 is 32.6 Å². The van der Waals surface area contributed by atoms with Gasteiger partial charge in [-0.25, -0.2) is 9.97 Å². The van der Waals surface area contributed by atoms with Crippen molar-refractivity contribution in [3.05, 3.63) is 168 Å². The van der Waals surface area contributed by atoms with Crippen LogP contribution in [0.5, 0.6) is 0 Å². The molecule has 0 atom stereocenters. The number of nitrogens with zero attached hydrogens (tertiary/aromatic N) is 4. The van der Waals surface area contributed by atoms with Crippen LogP contribution in [0, 0.1) is 0 Å². The molecule has 0 spiro atoms. The SMILES string of the molecule is CC1(C)c2ccccc2-c2c(-c3nc(-n4c5ccccc5c5cc6ccccc6cc54)nc4c3-c3ccc(-c5cccnc5)cc3C4(C)C)cccc21. The fraction of sp³-hybridized carbons (Fsp3) is 0.122. The molecule has 0 amide bonds. The molecule has 0 saturated carbocycles. The standard InChI is InChI=1S/C49H36N4/c1-48(2)38-19-9-7-17-34(38)43-36(18-11-20-39(43)48)45-44-35-23-22-31(32-15-12-24-50-28-32)26-40(35)49(3,4)46(44)52-47(51-45)53-41-21-10-8-16-33(41)37-25-29-13-5-6-14-30(29)27-42(37)53/h5-28H,1-4H3. The second kappa shape index (κ2) is 10.6. The summed E-state index contributed by atoms with van der Waals surface area (Å²) < 4.78 is 2.29. The Morgan fingerprint density at radius 1 is 0.491 bits per heavy atom. The van der Waals surface area contributed by atoms with Gasteiger partial charge in [0.1, 0.15) is 0 Å². The second-order valence-corrected chi connectivity index (χ2v) is 15.7. The van der Waals surface area contributed by atoms with E-state index in [0.29, 0.717) is 5.95 Å². The Labute approximate surface area is 308 Å². The van der Waals surface area contributed by atoms with Gasteiger partial charge in [-0.15, -0.1) is 0 Å². The lowest BCUT2D eigenvalue weighted by atomic mass is 9.82. The Bertz CT molecular complexity index is 3000. The number of aromatic nitrogens is 4. The quantitative estimate of drug-likeness (QED) is 0.187. The third kappa shape index (κ3) is 4.09. The lowest BCUT2D eigenvalue weighted by molar-refractivity contribution is 0.633. The molecule has 3 aromatic heterocycles. The number of hydrogen-bond donors (Lipinski definition) is 0. The van der Waals surface area contributed by atoms with E-state index in [4.69, 9.17) is 9.97 Å². The Balaban J connectivity index is 1.26. The normalized spacial score (nSPS) is 14.7. The molecule has 0 radical (unpaired) electrons. The molecule has 0 bridgehead atoms. The molecule has 252 valence electrons. The van der Waals surface area contributed by atoms with Crippen LogP contribution in [0.15, 0.2) is 146 Å². The first-order valence-electron chi connectivity index (χ1n) is 18.4. The maximum atomic E-state index is 5.72. The Morgan fingerprint density at radius 3 is 2.08 bits per heavy atom. The van der Waals surface area contributed by atoms with E-state index in [9.17, 15) is 0 Å². The van der Waals surface area contributed by atoms with Crippen molar-refractivity contribution < 1.29 is 0 Å². The topological polar surface area (TPSA) is 43.6 Å². The van der Waals surface area contributed by atoms with Gasteiger partial charge in [0.25, 0.3) is 0 Å².